The second-order valence-electron chi connectivity index (χ2n) is 7.49. The Bertz CT molecular complexity index is 1240. The molecule has 0 unspecified atom stereocenters. The molecule has 4 aromatic rings. The average Bonchev–Trinajstić information content (AvgIpc) is 3.44. The molecule has 30 heavy (non-hydrogen) atoms. The number of rotatable bonds is 4. The third kappa shape index (κ3) is 3.14. The van der Waals surface area contributed by atoms with E-state index in [0.717, 1.165) is 37.1 Å². The predicted molar refractivity (Wildman–Crippen MR) is 113 cm³/mol. The average molecular weight is 403 g/mol. The van der Waals surface area contributed by atoms with E-state index in [-0.39, 0.29) is 11.4 Å². The molecule has 4 nitrogen and oxygen atoms in total. The minimum absolute atomic E-state index is 0.0486. The van der Waals surface area contributed by atoms with E-state index in [4.69, 9.17) is 0 Å². The van der Waals surface area contributed by atoms with Crippen molar-refractivity contribution in [2.75, 3.05) is 18.0 Å². The minimum atomic E-state index is -0.485. The van der Waals surface area contributed by atoms with Gasteiger partial charge in [0, 0.05) is 42.0 Å². The predicted octanol–water partition coefficient (Wildman–Crippen LogP) is 5.34. The number of H-pyrrole nitrogens is 1. The number of benzene rings is 2. The maximum absolute atomic E-state index is 15.2. The molecule has 6 heteroatoms. The van der Waals surface area contributed by atoms with Crippen molar-refractivity contribution >= 4 is 22.5 Å². The minimum Gasteiger partial charge on any atom is -0.369 e. The zero-order valence-corrected chi connectivity index (χ0v) is 16.2. The van der Waals surface area contributed by atoms with Crippen molar-refractivity contribution in [1.29, 1.82) is 0 Å². The van der Waals surface area contributed by atoms with Crippen LogP contribution in [0, 0.1) is 11.6 Å². The first-order valence-electron chi connectivity index (χ1n) is 9.93. The number of halogens is 2. The van der Waals surface area contributed by atoms with Crippen molar-refractivity contribution < 1.29 is 13.6 Å². The van der Waals surface area contributed by atoms with Gasteiger partial charge in [-0.1, -0.05) is 18.2 Å². The standard InChI is InChI=1S/C24H19F2N3O/c25-17-8-6-15(7-9-17)16-12-19-20(14-28-24(19)27-13-16)23(30)18-4-3-5-21(22(18)26)29-10-1-2-11-29/h3-9,12-14H,1-2,10-11H2,(H,27,28). The van der Waals surface area contributed by atoms with Crippen molar-refractivity contribution in [3.05, 3.63) is 83.7 Å². The summed E-state index contributed by atoms with van der Waals surface area (Å²) in [4.78, 5) is 22.6. The molecule has 1 fully saturated rings. The largest absolute Gasteiger partial charge is 0.369 e. The lowest BCUT2D eigenvalue weighted by molar-refractivity contribution is 0.103. The van der Waals surface area contributed by atoms with Crippen molar-refractivity contribution in [2.45, 2.75) is 12.8 Å². The summed E-state index contributed by atoms with van der Waals surface area (Å²) in [5.41, 5.74) is 2.96. The van der Waals surface area contributed by atoms with Crippen LogP contribution in [0.3, 0.4) is 0 Å². The van der Waals surface area contributed by atoms with Crippen LogP contribution in [0.4, 0.5) is 14.5 Å². The quantitative estimate of drug-likeness (QED) is 0.468. The molecular formula is C24H19F2N3O. The monoisotopic (exact) mass is 403 g/mol. The van der Waals surface area contributed by atoms with E-state index in [9.17, 15) is 9.18 Å². The summed E-state index contributed by atoms with van der Waals surface area (Å²) < 4.78 is 28.5. The van der Waals surface area contributed by atoms with Gasteiger partial charge in [-0.3, -0.25) is 4.79 Å². The second-order valence-corrected chi connectivity index (χ2v) is 7.49. The van der Waals surface area contributed by atoms with Gasteiger partial charge in [-0.15, -0.1) is 0 Å². The third-order valence-electron chi connectivity index (χ3n) is 5.62. The fourth-order valence-corrected chi connectivity index (χ4v) is 4.03. The topological polar surface area (TPSA) is 49.0 Å². The van der Waals surface area contributed by atoms with E-state index in [1.54, 1.807) is 36.7 Å². The second kappa shape index (κ2) is 7.37. The van der Waals surface area contributed by atoms with Crippen LogP contribution in [-0.2, 0) is 0 Å². The first kappa shape index (κ1) is 18.5. The van der Waals surface area contributed by atoms with Crippen molar-refractivity contribution in [3.8, 4) is 11.1 Å². The summed E-state index contributed by atoms with van der Waals surface area (Å²) in [5.74, 6) is -1.20. The number of aromatic nitrogens is 2. The Hall–Kier alpha value is -3.54. The van der Waals surface area contributed by atoms with E-state index in [2.05, 4.69) is 9.97 Å². The fourth-order valence-electron chi connectivity index (χ4n) is 4.03. The zero-order chi connectivity index (χ0) is 20.7. The Balaban J connectivity index is 1.56. The van der Waals surface area contributed by atoms with Gasteiger partial charge in [0.15, 0.2) is 11.6 Å². The molecular weight excluding hydrogens is 384 g/mol. The van der Waals surface area contributed by atoms with Gasteiger partial charge >= 0.3 is 0 Å². The molecule has 0 atom stereocenters. The number of carbonyl (C=O) groups excluding carboxylic acids is 1. The van der Waals surface area contributed by atoms with E-state index < -0.39 is 11.6 Å². The molecule has 0 spiro atoms. The SMILES string of the molecule is O=C(c1cccc(N2CCCC2)c1F)c1c[nH]c2ncc(-c3ccc(F)cc3)cc12. The fraction of sp³-hybridized carbons (Fsp3) is 0.167. The smallest absolute Gasteiger partial charge is 0.198 e. The van der Waals surface area contributed by atoms with E-state index in [1.165, 1.54) is 18.2 Å². The molecule has 3 heterocycles. The Morgan fingerprint density at radius 2 is 1.73 bits per heavy atom. The van der Waals surface area contributed by atoms with Gasteiger partial charge in [0.25, 0.3) is 0 Å². The molecule has 1 saturated heterocycles. The molecule has 0 bridgehead atoms. The first-order chi connectivity index (χ1) is 14.6. The molecule has 1 aliphatic heterocycles. The van der Waals surface area contributed by atoms with Crippen LogP contribution in [0.5, 0.6) is 0 Å². The Morgan fingerprint density at radius 3 is 2.50 bits per heavy atom. The molecule has 1 N–H and O–H groups in total. The van der Waals surface area contributed by atoms with Crippen molar-refractivity contribution in [2.24, 2.45) is 0 Å². The highest BCUT2D eigenvalue weighted by atomic mass is 19.1. The van der Waals surface area contributed by atoms with Gasteiger partial charge in [0.05, 0.1) is 11.3 Å². The Labute approximate surface area is 172 Å². The summed E-state index contributed by atoms with van der Waals surface area (Å²) in [6.45, 7) is 1.60. The van der Waals surface area contributed by atoms with Gasteiger partial charge in [-0.2, -0.15) is 0 Å². The van der Waals surface area contributed by atoms with Gasteiger partial charge in [-0.05, 0) is 48.7 Å². The number of carbonyl (C=O) groups is 1. The van der Waals surface area contributed by atoms with Crippen LogP contribution in [0.25, 0.3) is 22.2 Å². The summed E-state index contributed by atoms with van der Waals surface area (Å²) >= 11 is 0. The summed E-state index contributed by atoms with van der Waals surface area (Å²) in [5, 5.41) is 0.604. The van der Waals surface area contributed by atoms with Gasteiger partial charge < -0.3 is 9.88 Å². The van der Waals surface area contributed by atoms with Gasteiger partial charge in [0.1, 0.15) is 11.5 Å². The lowest BCUT2D eigenvalue weighted by Crippen LogP contribution is -2.20. The van der Waals surface area contributed by atoms with Gasteiger partial charge in [0.2, 0.25) is 0 Å². The molecule has 2 aromatic heterocycles. The molecule has 2 aromatic carbocycles. The number of anilines is 1. The van der Waals surface area contributed by atoms with Crippen LogP contribution < -0.4 is 4.90 Å². The highest BCUT2D eigenvalue weighted by Crippen LogP contribution is 2.30. The Morgan fingerprint density at radius 1 is 0.967 bits per heavy atom. The van der Waals surface area contributed by atoms with E-state index >= 15 is 4.39 Å². The highest BCUT2D eigenvalue weighted by Gasteiger charge is 2.23. The van der Waals surface area contributed by atoms with Crippen molar-refractivity contribution in [1.82, 2.24) is 9.97 Å². The van der Waals surface area contributed by atoms with Crippen molar-refractivity contribution in [3.63, 3.8) is 0 Å². The number of nitrogens with one attached hydrogen (secondary N) is 1. The van der Waals surface area contributed by atoms with Gasteiger partial charge in [-0.25, -0.2) is 13.8 Å². The number of hydrogen-bond acceptors (Lipinski definition) is 3. The first-order valence-corrected chi connectivity index (χ1v) is 9.93. The number of ketones is 1. The van der Waals surface area contributed by atoms with Crippen LogP contribution >= 0.6 is 0 Å². The molecule has 150 valence electrons. The molecule has 0 aliphatic carbocycles. The van der Waals surface area contributed by atoms with E-state index in [1.807, 2.05) is 11.0 Å². The molecule has 0 amide bonds. The highest BCUT2D eigenvalue weighted by molar-refractivity contribution is 6.16. The molecule has 0 saturated carbocycles. The number of pyridine rings is 1. The van der Waals surface area contributed by atoms with Crippen LogP contribution in [0.2, 0.25) is 0 Å². The molecule has 0 radical (unpaired) electrons. The maximum atomic E-state index is 15.2. The Kier molecular flexibility index (Phi) is 4.54. The van der Waals surface area contributed by atoms with Crippen LogP contribution in [0.1, 0.15) is 28.8 Å². The lowest BCUT2D eigenvalue weighted by Gasteiger charge is -2.19. The summed E-state index contributed by atoms with van der Waals surface area (Å²) in [6, 6.07) is 12.9. The van der Waals surface area contributed by atoms with E-state index in [0.29, 0.717) is 22.3 Å². The van der Waals surface area contributed by atoms with Crippen LogP contribution in [-0.4, -0.2) is 28.8 Å². The lowest BCUT2D eigenvalue weighted by atomic mass is 10.00. The summed E-state index contributed by atoms with van der Waals surface area (Å²) in [6.07, 6.45) is 5.28. The number of nitrogens with zero attached hydrogens (tertiary/aromatic N) is 2. The zero-order valence-electron chi connectivity index (χ0n) is 16.2. The number of fused-ring (bicyclic) bond motifs is 1. The summed E-state index contributed by atoms with van der Waals surface area (Å²) in [7, 11) is 0. The maximum Gasteiger partial charge on any atom is 0.198 e. The molecule has 5 rings (SSSR count). The van der Waals surface area contributed by atoms with Crippen LogP contribution in [0.15, 0.2) is 60.9 Å². The molecule has 1 aliphatic rings. The normalized spacial score (nSPS) is 13.9. The third-order valence-corrected chi connectivity index (χ3v) is 5.62. The number of aromatic amines is 1. The number of hydrogen-bond donors (Lipinski definition) is 1.